The number of piperidine rings is 1. The van der Waals surface area contributed by atoms with Crippen LogP contribution in [-0.4, -0.2) is 30.5 Å². The molecule has 0 bridgehead atoms. The molecule has 116 valence electrons. The van der Waals surface area contributed by atoms with Gasteiger partial charge >= 0.3 is 0 Å². The quantitative estimate of drug-likeness (QED) is 0.881. The number of hydrogen-bond donors (Lipinski definition) is 1. The summed E-state index contributed by atoms with van der Waals surface area (Å²) in [5, 5.41) is 3.72. The fourth-order valence-corrected chi connectivity index (χ4v) is 3.73. The Kier molecular flexibility index (Phi) is 4.38. The summed E-state index contributed by atoms with van der Waals surface area (Å²) in [5.74, 6) is -0.211. The molecule has 0 radical (unpaired) electrons. The van der Waals surface area contributed by atoms with Crippen molar-refractivity contribution in [3.05, 3.63) is 36.7 Å². The van der Waals surface area contributed by atoms with E-state index in [0.29, 0.717) is 13.1 Å². The predicted octanol–water partition coefficient (Wildman–Crippen LogP) is 2.95. The molecule has 1 atom stereocenters. The van der Waals surface area contributed by atoms with Gasteiger partial charge in [0.15, 0.2) is 5.13 Å². The van der Waals surface area contributed by atoms with E-state index in [2.05, 4.69) is 21.8 Å². The molecule has 1 aromatic heterocycles. The van der Waals surface area contributed by atoms with E-state index >= 15 is 0 Å². The topological polar surface area (TPSA) is 45.2 Å². The number of benzene rings is 1. The molecule has 6 heteroatoms. The molecular weight excluding hydrogens is 301 g/mol. The molecule has 3 rings (SSSR count). The molecule has 0 saturated carbocycles. The van der Waals surface area contributed by atoms with Gasteiger partial charge in [0.1, 0.15) is 5.82 Å². The largest absolute Gasteiger partial charge is 0.352 e. The Morgan fingerprint density at radius 1 is 1.59 bits per heavy atom. The number of carbonyl (C=O) groups excluding carboxylic acids is 1. The summed E-state index contributed by atoms with van der Waals surface area (Å²) in [7, 11) is 0. The van der Waals surface area contributed by atoms with Crippen LogP contribution in [0.2, 0.25) is 0 Å². The van der Waals surface area contributed by atoms with E-state index in [0.717, 1.165) is 34.7 Å². The van der Waals surface area contributed by atoms with Gasteiger partial charge in [-0.2, -0.15) is 0 Å². The van der Waals surface area contributed by atoms with Crippen LogP contribution in [0.3, 0.4) is 0 Å². The maximum Gasteiger partial charge on any atom is 0.225 e. The Labute approximate surface area is 132 Å². The van der Waals surface area contributed by atoms with Gasteiger partial charge in [0.25, 0.3) is 0 Å². The molecule has 2 aromatic rings. The SMILES string of the molecule is C=CCNC(=O)C1CCCN(c2nc3ccc(F)cc3s2)C1. The highest BCUT2D eigenvalue weighted by Crippen LogP contribution is 2.32. The molecule has 1 saturated heterocycles. The molecule has 1 amide bonds. The van der Waals surface area contributed by atoms with Gasteiger partial charge in [-0.25, -0.2) is 9.37 Å². The lowest BCUT2D eigenvalue weighted by molar-refractivity contribution is -0.125. The number of thiazole rings is 1. The van der Waals surface area contributed by atoms with Crippen LogP contribution < -0.4 is 10.2 Å². The number of amides is 1. The molecular formula is C16H18FN3OS. The number of rotatable bonds is 4. The number of nitrogens with one attached hydrogen (secondary N) is 1. The van der Waals surface area contributed by atoms with Gasteiger partial charge in [0.05, 0.1) is 16.1 Å². The number of aromatic nitrogens is 1. The monoisotopic (exact) mass is 319 g/mol. The number of hydrogen-bond acceptors (Lipinski definition) is 4. The van der Waals surface area contributed by atoms with Crippen LogP contribution in [0.4, 0.5) is 9.52 Å². The molecule has 0 aliphatic carbocycles. The van der Waals surface area contributed by atoms with Crippen LogP contribution >= 0.6 is 11.3 Å². The predicted molar refractivity (Wildman–Crippen MR) is 87.7 cm³/mol. The van der Waals surface area contributed by atoms with Crippen LogP contribution in [0.25, 0.3) is 10.2 Å². The lowest BCUT2D eigenvalue weighted by Gasteiger charge is -2.31. The van der Waals surface area contributed by atoms with E-state index in [1.165, 1.54) is 23.5 Å². The third-order valence-corrected chi connectivity index (χ3v) is 4.90. The van der Waals surface area contributed by atoms with Crippen molar-refractivity contribution in [3.63, 3.8) is 0 Å². The molecule has 4 nitrogen and oxygen atoms in total. The highest BCUT2D eigenvalue weighted by atomic mass is 32.1. The molecule has 1 N–H and O–H groups in total. The van der Waals surface area contributed by atoms with Crippen LogP contribution in [0.1, 0.15) is 12.8 Å². The zero-order valence-corrected chi connectivity index (χ0v) is 13.0. The Morgan fingerprint density at radius 3 is 3.27 bits per heavy atom. The molecule has 0 spiro atoms. The fraction of sp³-hybridized carbons (Fsp3) is 0.375. The second-order valence-electron chi connectivity index (χ2n) is 5.43. The minimum atomic E-state index is -0.247. The second kappa shape index (κ2) is 6.44. The number of carbonyl (C=O) groups is 1. The summed E-state index contributed by atoms with van der Waals surface area (Å²) in [5.41, 5.74) is 0.805. The summed E-state index contributed by atoms with van der Waals surface area (Å²) in [6.45, 7) is 5.64. The first-order valence-electron chi connectivity index (χ1n) is 7.37. The first-order valence-corrected chi connectivity index (χ1v) is 8.18. The second-order valence-corrected chi connectivity index (χ2v) is 6.44. The van der Waals surface area contributed by atoms with Crippen molar-refractivity contribution >= 4 is 32.6 Å². The van der Waals surface area contributed by atoms with E-state index in [9.17, 15) is 9.18 Å². The van der Waals surface area contributed by atoms with Gasteiger partial charge in [-0.15, -0.1) is 6.58 Å². The maximum absolute atomic E-state index is 13.3. The zero-order valence-electron chi connectivity index (χ0n) is 12.2. The third kappa shape index (κ3) is 3.11. The standard InChI is InChI=1S/C16H18FN3OS/c1-2-7-18-15(21)11-4-3-8-20(10-11)16-19-13-6-5-12(17)9-14(13)22-16/h2,5-6,9,11H,1,3-4,7-8,10H2,(H,18,21). The van der Waals surface area contributed by atoms with Gasteiger partial charge in [-0.05, 0) is 31.0 Å². The number of nitrogens with zero attached hydrogens (tertiary/aromatic N) is 2. The third-order valence-electron chi connectivity index (χ3n) is 3.82. The van der Waals surface area contributed by atoms with E-state index in [1.54, 1.807) is 12.1 Å². The smallest absolute Gasteiger partial charge is 0.225 e. The summed E-state index contributed by atoms with van der Waals surface area (Å²) >= 11 is 1.48. The van der Waals surface area contributed by atoms with Gasteiger partial charge in [0, 0.05) is 19.6 Å². The normalized spacial score (nSPS) is 18.4. The number of fused-ring (bicyclic) bond motifs is 1. The van der Waals surface area contributed by atoms with Crippen molar-refractivity contribution in [2.45, 2.75) is 12.8 Å². The number of anilines is 1. The minimum Gasteiger partial charge on any atom is -0.352 e. The fourth-order valence-electron chi connectivity index (χ4n) is 2.70. The first-order chi connectivity index (χ1) is 10.7. The average Bonchev–Trinajstić information content (AvgIpc) is 2.95. The van der Waals surface area contributed by atoms with E-state index < -0.39 is 0 Å². The molecule has 1 aliphatic rings. The van der Waals surface area contributed by atoms with Crippen LogP contribution in [0, 0.1) is 11.7 Å². The number of halogens is 1. The highest BCUT2D eigenvalue weighted by Gasteiger charge is 2.27. The van der Waals surface area contributed by atoms with Crippen LogP contribution in [0.5, 0.6) is 0 Å². The minimum absolute atomic E-state index is 0.0301. The lowest BCUT2D eigenvalue weighted by Crippen LogP contribution is -2.43. The van der Waals surface area contributed by atoms with Crippen LogP contribution in [0.15, 0.2) is 30.9 Å². The Bertz CT molecular complexity index is 700. The summed E-state index contributed by atoms with van der Waals surface area (Å²) in [6.07, 6.45) is 3.52. The van der Waals surface area contributed by atoms with Gasteiger partial charge in [-0.1, -0.05) is 17.4 Å². The Hall–Kier alpha value is -1.95. The maximum atomic E-state index is 13.3. The molecule has 1 fully saturated rings. The van der Waals surface area contributed by atoms with Crippen molar-refractivity contribution in [1.29, 1.82) is 0 Å². The van der Waals surface area contributed by atoms with Crippen molar-refractivity contribution in [1.82, 2.24) is 10.3 Å². The van der Waals surface area contributed by atoms with Gasteiger partial charge in [-0.3, -0.25) is 4.79 Å². The lowest BCUT2D eigenvalue weighted by atomic mass is 9.97. The van der Waals surface area contributed by atoms with E-state index in [1.807, 2.05) is 0 Å². The summed E-state index contributed by atoms with van der Waals surface area (Å²) in [6, 6.07) is 4.63. The summed E-state index contributed by atoms with van der Waals surface area (Å²) < 4.78 is 14.1. The zero-order chi connectivity index (χ0) is 15.5. The van der Waals surface area contributed by atoms with Crippen LogP contribution in [-0.2, 0) is 4.79 Å². The van der Waals surface area contributed by atoms with Crippen molar-refractivity contribution < 1.29 is 9.18 Å². The molecule has 2 heterocycles. The molecule has 1 unspecified atom stereocenters. The van der Waals surface area contributed by atoms with Crippen molar-refractivity contribution in [2.75, 3.05) is 24.5 Å². The molecule has 22 heavy (non-hydrogen) atoms. The van der Waals surface area contributed by atoms with Gasteiger partial charge in [0.2, 0.25) is 5.91 Å². The van der Waals surface area contributed by atoms with Crippen molar-refractivity contribution in [3.8, 4) is 0 Å². The summed E-state index contributed by atoms with van der Waals surface area (Å²) in [4.78, 5) is 18.8. The Morgan fingerprint density at radius 2 is 2.45 bits per heavy atom. The van der Waals surface area contributed by atoms with Gasteiger partial charge < -0.3 is 10.2 Å². The highest BCUT2D eigenvalue weighted by molar-refractivity contribution is 7.22. The van der Waals surface area contributed by atoms with E-state index in [-0.39, 0.29) is 17.6 Å². The van der Waals surface area contributed by atoms with Crippen molar-refractivity contribution in [2.24, 2.45) is 5.92 Å². The molecule has 1 aliphatic heterocycles. The molecule has 1 aromatic carbocycles. The average molecular weight is 319 g/mol. The van der Waals surface area contributed by atoms with E-state index in [4.69, 9.17) is 0 Å². The first kappa shape index (κ1) is 15.0. The Balaban J connectivity index is 1.75.